The molecule has 1 aromatic heterocycles. The van der Waals surface area contributed by atoms with E-state index in [1.54, 1.807) is 0 Å². The largest absolute Gasteiger partial charge is 0.493 e. The maximum atomic E-state index is 5.91. The second-order valence-electron chi connectivity index (χ2n) is 6.03. The van der Waals surface area contributed by atoms with Crippen molar-refractivity contribution in [1.82, 2.24) is 9.97 Å². The minimum Gasteiger partial charge on any atom is -0.493 e. The molecule has 1 unspecified atom stereocenters. The Morgan fingerprint density at radius 3 is 2.59 bits per heavy atom. The number of anilines is 1. The summed E-state index contributed by atoms with van der Waals surface area (Å²) in [4.78, 5) is 11.5. The third-order valence-corrected chi connectivity index (χ3v) is 4.00. The Bertz CT molecular complexity index is 595. The second kappa shape index (κ2) is 6.77. The third-order valence-electron chi connectivity index (χ3n) is 4.00. The highest BCUT2D eigenvalue weighted by atomic mass is 16.5. The zero-order chi connectivity index (χ0) is 15.4. The first kappa shape index (κ1) is 14.8. The highest BCUT2D eigenvalue weighted by Gasteiger charge is 2.22. The van der Waals surface area contributed by atoms with Crippen LogP contribution in [0.5, 0.6) is 5.75 Å². The lowest BCUT2D eigenvalue weighted by Gasteiger charge is -2.32. The Morgan fingerprint density at radius 1 is 1.14 bits per heavy atom. The summed E-state index contributed by atoms with van der Waals surface area (Å²) in [6, 6.07) is 12.1. The first-order chi connectivity index (χ1) is 10.7. The molecular formula is C18H23N3O. The average Bonchev–Trinajstić information content (AvgIpc) is 2.53. The molecule has 1 atom stereocenters. The van der Waals surface area contributed by atoms with Crippen LogP contribution in [-0.2, 0) is 0 Å². The number of rotatable bonds is 4. The summed E-state index contributed by atoms with van der Waals surface area (Å²) in [7, 11) is 0. The number of nitrogens with zero attached hydrogens (tertiary/aromatic N) is 3. The highest BCUT2D eigenvalue weighted by Crippen LogP contribution is 2.22. The molecule has 1 saturated heterocycles. The van der Waals surface area contributed by atoms with E-state index in [4.69, 9.17) is 4.74 Å². The minimum absolute atomic E-state index is 0.526. The summed E-state index contributed by atoms with van der Waals surface area (Å²) < 4.78 is 5.91. The molecule has 4 nitrogen and oxygen atoms in total. The van der Waals surface area contributed by atoms with Gasteiger partial charge < -0.3 is 9.64 Å². The Morgan fingerprint density at radius 2 is 1.86 bits per heavy atom. The molecule has 0 spiro atoms. The van der Waals surface area contributed by atoms with Crippen LogP contribution in [0.2, 0.25) is 0 Å². The maximum Gasteiger partial charge on any atom is 0.225 e. The lowest BCUT2D eigenvalue weighted by Crippen LogP contribution is -2.38. The van der Waals surface area contributed by atoms with Gasteiger partial charge in [0.1, 0.15) is 5.75 Å². The van der Waals surface area contributed by atoms with Crippen LogP contribution in [0.3, 0.4) is 0 Å². The van der Waals surface area contributed by atoms with Crippen molar-refractivity contribution in [3.8, 4) is 5.75 Å². The van der Waals surface area contributed by atoms with Crippen LogP contribution in [0.1, 0.15) is 24.2 Å². The number of aryl methyl sites for hydroxylation is 2. The SMILES string of the molecule is Cc1cc(C)nc(N2CCCC(COc3ccccc3)C2)n1. The molecule has 2 heterocycles. The minimum atomic E-state index is 0.526. The number of hydrogen-bond donors (Lipinski definition) is 0. The Balaban J connectivity index is 1.61. The Kier molecular flexibility index (Phi) is 4.56. The standard InChI is InChI=1S/C18H23N3O/c1-14-11-15(2)20-18(19-14)21-10-6-7-16(12-21)13-22-17-8-4-3-5-9-17/h3-5,8-9,11,16H,6-7,10,12-13H2,1-2H3. The number of ether oxygens (including phenoxy) is 1. The predicted octanol–water partition coefficient (Wildman–Crippen LogP) is 3.39. The molecule has 2 aromatic rings. The van der Waals surface area contributed by atoms with E-state index in [2.05, 4.69) is 14.9 Å². The van der Waals surface area contributed by atoms with Gasteiger partial charge in [0.25, 0.3) is 0 Å². The maximum absolute atomic E-state index is 5.91. The fraction of sp³-hybridized carbons (Fsp3) is 0.444. The van der Waals surface area contributed by atoms with E-state index >= 15 is 0 Å². The lowest BCUT2D eigenvalue weighted by atomic mass is 9.99. The van der Waals surface area contributed by atoms with E-state index in [9.17, 15) is 0 Å². The summed E-state index contributed by atoms with van der Waals surface area (Å²) >= 11 is 0. The quantitative estimate of drug-likeness (QED) is 0.867. The molecular weight excluding hydrogens is 274 g/mol. The van der Waals surface area contributed by atoms with Gasteiger partial charge in [0, 0.05) is 30.4 Å². The first-order valence-electron chi connectivity index (χ1n) is 7.96. The smallest absolute Gasteiger partial charge is 0.225 e. The van der Waals surface area contributed by atoms with Gasteiger partial charge in [-0.1, -0.05) is 18.2 Å². The van der Waals surface area contributed by atoms with Crippen molar-refractivity contribution in [2.24, 2.45) is 5.92 Å². The van der Waals surface area contributed by atoms with Crippen molar-refractivity contribution < 1.29 is 4.74 Å². The molecule has 0 aliphatic carbocycles. The molecule has 1 aliphatic rings. The fourth-order valence-corrected chi connectivity index (χ4v) is 2.96. The lowest BCUT2D eigenvalue weighted by molar-refractivity contribution is 0.228. The van der Waals surface area contributed by atoms with Crippen LogP contribution in [-0.4, -0.2) is 29.7 Å². The number of aromatic nitrogens is 2. The second-order valence-corrected chi connectivity index (χ2v) is 6.03. The zero-order valence-corrected chi connectivity index (χ0v) is 13.3. The number of piperidine rings is 1. The molecule has 0 saturated carbocycles. The van der Waals surface area contributed by atoms with Crippen LogP contribution >= 0.6 is 0 Å². The van der Waals surface area contributed by atoms with E-state index < -0.39 is 0 Å². The molecule has 0 N–H and O–H groups in total. The van der Waals surface area contributed by atoms with Crippen LogP contribution in [0, 0.1) is 19.8 Å². The highest BCUT2D eigenvalue weighted by molar-refractivity contribution is 5.33. The van der Waals surface area contributed by atoms with Gasteiger partial charge in [0.15, 0.2) is 0 Å². The van der Waals surface area contributed by atoms with Crippen LogP contribution in [0.15, 0.2) is 36.4 Å². The monoisotopic (exact) mass is 297 g/mol. The van der Waals surface area contributed by atoms with E-state index in [1.165, 1.54) is 12.8 Å². The van der Waals surface area contributed by atoms with E-state index in [0.717, 1.165) is 42.8 Å². The topological polar surface area (TPSA) is 38.2 Å². The molecule has 4 heteroatoms. The van der Waals surface area contributed by atoms with Gasteiger partial charge in [-0.05, 0) is 44.9 Å². The predicted molar refractivity (Wildman–Crippen MR) is 88.4 cm³/mol. The molecule has 1 aromatic carbocycles. The Labute approximate surface area is 132 Å². The molecule has 22 heavy (non-hydrogen) atoms. The van der Waals surface area contributed by atoms with Gasteiger partial charge >= 0.3 is 0 Å². The van der Waals surface area contributed by atoms with Gasteiger partial charge in [0.05, 0.1) is 6.61 Å². The van der Waals surface area contributed by atoms with Crippen molar-refractivity contribution in [3.63, 3.8) is 0 Å². The van der Waals surface area contributed by atoms with Crippen molar-refractivity contribution >= 4 is 5.95 Å². The van der Waals surface area contributed by atoms with Crippen LogP contribution in [0.25, 0.3) is 0 Å². The molecule has 116 valence electrons. The summed E-state index contributed by atoms with van der Waals surface area (Å²) in [5.74, 6) is 2.34. The summed E-state index contributed by atoms with van der Waals surface area (Å²) in [6.07, 6.45) is 2.37. The summed E-state index contributed by atoms with van der Waals surface area (Å²) in [6.45, 7) is 6.81. The number of para-hydroxylation sites is 1. The van der Waals surface area contributed by atoms with Crippen molar-refractivity contribution in [2.45, 2.75) is 26.7 Å². The van der Waals surface area contributed by atoms with Crippen molar-refractivity contribution in [3.05, 3.63) is 47.8 Å². The fourth-order valence-electron chi connectivity index (χ4n) is 2.96. The number of hydrogen-bond acceptors (Lipinski definition) is 4. The van der Waals surface area contributed by atoms with E-state index in [-0.39, 0.29) is 0 Å². The molecule has 0 bridgehead atoms. The van der Waals surface area contributed by atoms with E-state index in [1.807, 2.05) is 50.2 Å². The number of benzene rings is 1. The molecule has 0 amide bonds. The molecule has 1 fully saturated rings. The van der Waals surface area contributed by atoms with Gasteiger partial charge in [-0.2, -0.15) is 0 Å². The van der Waals surface area contributed by atoms with Crippen LogP contribution in [0.4, 0.5) is 5.95 Å². The molecule has 0 radical (unpaired) electrons. The summed E-state index contributed by atoms with van der Waals surface area (Å²) in [5, 5.41) is 0. The Hall–Kier alpha value is -2.10. The van der Waals surface area contributed by atoms with Gasteiger partial charge in [-0.3, -0.25) is 0 Å². The van der Waals surface area contributed by atoms with Gasteiger partial charge in [-0.25, -0.2) is 9.97 Å². The third kappa shape index (κ3) is 3.75. The van der Waals surface area contributed by atoms with E-state index in [0.29, 0.717) is 5.92 Å². The molecule has 3 rings (SSSR count). The van der Waals surface area contributed by atoms with Crippen molar-refractivity contribution in [1.29, 1.82) is 0 Å². The zero-order valence-electron chi connectivity index (χ0n) is 13.3. The normalized spacial score (nSPS) is 18.3. The molecule has 1 aliphatic heterocycles. The first-order valence-corrected chi connectivity index (χ1v) is 7.96. The van der Waals surface area contributed by atoms with Gasteiger partial charge in [0.2, 0.25) is 5.95 Å². The van der Waals surface area contributed by atoms with Crippen molar-refractivity contribution in [2.75, 3.05) is 24.6 Å². The summed E-state index contributed by atoms with van der Waals surface area (Å²) in [5.41, 5.74) is 2.07. The average molecular weight is 297 g/mol. The van der Waals surface area contributed by atoms with Gasteiger partial charge in [-0.15, -0.1) is 0 Å². The van der Waals surface area contributed by atoms with Crippen LogP contribution < -0.4 is 9.64 Å².